The molecule has 0 bridgehead atoms. The molecule has 0 aliphatic heterocycles. The maximum atomic E-state index is 11.9. The van der Waals surface area contributed by atoms with Crippen LogP contribution in [0.3, 0.4) is 0 Å². The van der Waals surface area contributed by atoms with Crippen molar-refractivity contribution in [2.24, 2.45) is 0 Å². The Morgan fingerprint density at radius 2 is 1.14 bits per heavy atom. The Morgan fingerprint density at radius 3 is 1.50 bits per heavy atom. The standard InChI is InChI=1S/C25H44N2O12.CH2O2/c1-25(2,3)39-24(38)26-8-14-4-6-15(7-5-14)9-27(10-16(30)20(34)22(36)18(32)12-28)11-17(31)21(35)23(37)19(33)13-29;2-1-3/h4-7,16-23,28-37H,8-13H2,1-3H3,(H,26,38);1H,(H,2,3)/t16-,17-,18+,19+,20+,21+,22+,23+;/m0./s1. The minimum absolute atomic E-state index is 0.0324. The number of aliphatic hydroxyl groups excluding tert-OH is 10. The van der Waals surface area contributed by atoms with E-state index in [-0.39, 0.29) is 32.7 Å². The summed E-state index contributed by atoms with van der Waals surface area (Å²) in [6, 6.07) is 6.81. The van der Waals surface area contributed by atoms with Crippen LogP contribution in [0.2, 0.25) is 0 Å². The largest absolute Gasteiger partial charge is 0.483 e. The van der Waals surface area contributed by atoms with E-state index in [2.05, 4.69) is 5.32 Å². The number of rotatable bonds is 16. The Labute approximate surface area is 243 Å². The third-order valence-electron chi connectivity index (χ3n) is 5.81. The Bertz CT molecular complexity index is 855. The van der Waals surface area contributed by atoms with Crippen molar-refractivity contribution in [3.05, 3.63) is 35.4 Å². The van der Waals surface area contributed by atoms with Crippen LogP contribution in [-0.2, 0) is 22.6 Å². The minimum Gasteiger partial charge on any atom is -0.483 e. The van der Waals surface area contributed by atoms with Gasteiger partial charge in [-0.3, -0.25) is 9.69 Å². The average Bonchev–Trinajstić information content (AvgIpc) is 2.93. The van der Waals surface area contributed by atoms with Gasteiger partial charge in [-0.15, -0.1) is 0 Å². The first-order chi connectivity index (χ1) is 19.5. The Balaban J connectivity index is 0.00000535. The highest BCUT2D eigenvalue weighted by Crippen LogP contribution is 2.15. The van der Waals surface area contributed by atoms with E-state index in [9.17, 15) is 45.6 Å². The van der Waals surface area contributed by atoms with E-state index in [1.807, 2.05) is 0 Å². The van der Waals surface area contributed by atoms with Crippen LogP contribution >= 0.6 is 0 Å². The lowest BCUT2D eigenvalue weighted by molar-refractivity contribution is -0.131. The molecule has 16 heteroatoms. The SMILES string of the molecule is CC(C)(C)OC(=O)NCc1ccc(CN(C[C@H](O)[C@@H](O)[C@H](O)[C@H](O)CO)C[C@H](O)[C@@H](O)[C@H](O)[C@H](O)CO)cc1.O=CO. The fourth-order valence-corrected chi connectivity index (χ4v) is 3.58. The summed E-state index contributed by atoms with van der Waals surface area (Å²) in [4.78, 5) is 21.6. The number of benzene rings is 1. The van der Waals surface area contributed by atoms with Gasteiger partial charge in [-0.25, -0.2) is 4.79 Å². The number of hydrogen-bond donors (Lipinski definition) is 12. The summed E-state index contributed by atoms with van der Waals surface area (Å²) in [6.45, 7) is 2.69. The van der Waals surface area contributed by atoms with Crippen molar-refractivity contribution < 1.29 is 70.5 Å². The van der Waals surface area contributed by atoms with Gasteiger partial charge in [0.2, 0.25) is 0 Å². The fraction of sp³-hybridized carbons (Fsp3) is 0.692. The number of hydrogen-bond acceptors (Lipinski definition) is 14. The van der Waals surface area contributed by atoms with Crippen molar-refractivity contribution in [2.75, 3.05) is 26.3 Å². The van der Waals surface area contributed by atoms with Crippen LogP contribution in [-0.4, -0.2) is 154 Å². The van der Waals surface area contributed by atoms with Crippen molar-refractivity contribution in [2.45, 2.75) is 88.3 Å². The molecular weight excluding hydrogens is 564 g/mol. The number of carboxylic acid groups (broad SMARTS) is 1. The first-order valence-corrected chi connectivity index (χ1v) is 13.0. The maximum absolute atomic E-state index is 11.9. The van der Waals surface area contributed by atoms with Crippen LogP contribution in [0.15, 0.2) is 24.3 Å². The van der Waals surface area contributed by atoms with Crippen molar-refractivity contribution in [1.29, 1.82) is 0 Å². The van der Waals surface area contributed by atoms with Crippen LogP contribution in [0, 0.1) is 0 Å². The molecule has 0 heterocycles. The Kier molecular flexibility index (Phi) is 18.5. The van der Waals surface area contributed by atoms with Gasteiger partial charge in [-0.1, -0.05) is 24.3 Å². The molecule has 42 heavy (non-hydrogen) atoms. The van der Waals surface area contributed by atoms with Crippen LogP contribution in [0.4, 0.5) is 4.79 Å². The van der Waals surface area contributed by atoms with E-state index in [1.54, 1.807) is 45.0 Å². The predicted octanol–water partition coefficient (Wildman–Crippen LogP) is -3.91. The third-order valence-corrected chi connectivity index (χ3v) is 5.81. The fourth-order valence-electron chi connectivity index (χ4n) is 3.58. The summed E-state index contributed by atoms with van der Waals surface area (Å²) in [6.07, 6.45) is -14.9. The molecule has 0 fully saturated rings. The second kappa shape index (κ2) is 19.7. The zero-order chi connectivity index (χ0) is 32.6. The average molecular weight is 611 g/mol. The quantitative estimate of drug-likeness (QED) is 0.0797. The molecule has 0 radical (unpaired) electrons. The molecule has 0 aliphatic rings. The van der Waals surface area contributed by atoms with Gasteiger partial charge in [0.1, 0.15) is 42.2 Å². The molecule has 0 saturated heterocycles. The molecule has 244 valence electrons. The highest BCUT2D eigenvalue weighted by Gasteiger charge is 2.34. The van der Waals surface area contributed by atoms with Crippen molar-refractivity contribution in [3.8, 4) is 0 Å². The van der Waals surface area contributed by atoms with E-state index in [4.69, 9.17) is 24.9 Å². The lowest BCUT2D eigenvalue weighted by Crippen LogP contribution is -2.53. The summed E-state index contributed by atoms with van der Waals surface area (Å²) < 4.78 is 5.19. The van der Waals surface area contributed by atoms with Crippen molar-refractivity contribution in [1.82, 2.24) is 10.2 Å². The summed E-state index contributed by atoms with van der Waals surface area (Å²) in [5.41, 5.74) is 0.738. The van der Waals surface area contributed by atoms with Crippen LogP contribution < -0.4 is 5.32 Å². The molecule has 1 aromatic carbocycles. The number of nitrogens with zero attached hydrogens (tertiary/aromatic N) is 1. The first-order valence-electron chi connectivity index (χ1n) is 13.0. The molecular formula is C26H46N2O14. The molecule has 0 spiro atoms. The highest BCUT2D eigenvalue weighted by atomic mass is 16.6. The number of aliphatic hydroxyl groups is 10. The molecule has 0 aromatic heterocycles. The first kappa shape index (κ1) is 39.5. The molecule has 0 saturated carbocycles. The molecule has 0 unspecified atom stereocenters. The smallest absolute Gasteiger partial charge is 0.407 e. The second-order valence-corrected chi connectivity index (χ2v) is 10.6. The van der Waals surface area contributed by atoms with Gasteiger partial charge in [0.25, 0.3) is 6.47 Å². The number of carbonyl (C=O) groups is 2. The van der Waals surface area contributed by atoms with E-state index >= 15 is 0 Å². The normalized spacial score (nSPS) is 17.5. The van der Waals surface area contributed by atoms with Crippen LogP contribution in [0.5, 0.6) is 0 Å². The van der Waals surface area contributed by atoms with Gasteiger partial charge < -0.3 is 66.2 Å². The number of ether oxygens (including phenoxy) is 1. The minimum atomic E-state index is -1.88. The zero-order valence-electron chi connectivity index (χ0n) is 23.8. The number of carbonyl (C=O) groups excluding carboxylic acids is 1. The van der Waals surface area contributed by atoms with Crippen molar-refractivity contribution in [3.63, 3.8) is 0 Å². The van der Waals surface area contributed by atoms with Gasteiger partial charge in [0.15, 0.2) is 0 Å². The Hall–Kier alpha value is -2.48. The predicted molar refractivity (Wildman–Crippen MR) is 146 cm³/mol. The Morgan fingerprint density at radius 1 is 0.786 bits per heavy atom. The molecule has 8 atom stereocenters. The van der Waals surface area contributed by atoms with Gasteiger partial charge in [0, 0.05) is 26.2 Å². The van der Waals surface area contributed by atoms with Gasteiger partial charge >= 0.3 is 6.09 Å². The van der Waals surface area contributed by atoms with E-state index in [0.29, 0.717) is 5.56 Å². The monoisotopic (exact) mass is 610 g/mol. The maximum Gasteiger partial charge on any atom is 0.407 e. The summed E-state index contributed by atoms with van der Waals surface area (Å²) in [5, 5.41) is 108. The summed E-state index contributed by atoms with van der Waals surface area (Å²) in [5.74, 6) is 0. The summed E-state index contributed by atoms with van der Waals surface area (Å²) >= 11 is 0. The molecule has 12 N–H and O–H groups in total. The summed E-state index contributed by atoms with van der Waals surface area (Å²) in [7, 11) is 0. The third kappa shape index (κ3) is 15.1. The topological polar surface area (TPSA) is 281 Å². The van der Waals surface area contributed by atoms with Gasteiger partial charge in [-0.05, 0) is 31.9 Å². The molecule has 1 amide bonds. The molecule has 1 rings (SSSR count). The van der Waals surface area contributed by atoms with E-state index < -0.39 is 73.7 Å². The van der Waals surface area contributed by atoms with E-state index in [1.165, 1.54) is 4.90 Å². The van der Waals surface area contributed by atoms with E-state index in [0.717, 1.165) is 5.56 Å². The molecule has 0 aliphatic carbocycles. The number of nitrogens with one attached hydrogen (secondary N) is 1. The second-order valence-electron chi connectivity index (χ2n) is 10.6. The van der Waals surface area contributed by atoms with Gasteiger partial charge in [0.05, 0.1) is 25.4 Å². The lowest BCUT2D eigenvalue weighted by atomic mass is 10.0. The van der Waals surface area contributed by atoms with Gasteiger partial charge in [-0.2, -0.15) is 0 Å². The zero-order valence-corrected chi connectivity index (χ0v) is 23.8. The van der Waals surface area contributed by atoms with Crippen LogP contribution in [0.25, 0.3) is 0 Å². The number of alkyl carbamates (subject to hydrolysis) is 1. The molecule has 16 nitrogen and oxygen atoms in total. The lowest BCUT2D eigenvalue weighted by Gasteiger charge is -2.33. The highest BCUT2D eigenvalue weighted by molar-refractivity contribution is 5.67. The number of amides is 1. The van der Waals surface area contributed by atoms with Crippen LogP contribution in [0.1, 0.15) is 31.9 Å². The molecule has 1 aromatic rings. The van der Waals surface area contributed by atoms with Crippen molar-refractivity contribution >= 4 is 12.6 Å².